The first kappa shape index (κ1) is 12.6. The summed E-state index contributed by atoms with van der Waals surface area (Å²) in [6.07, 6.45) is 2.20. The summed E-state index contributed by atoms with van der Waals surface area (Å²) >= 11 is 1.54. The van der Waals surface area contributed by atoms with E-state index in [0.717, 1.165) is 16.4 Å². The second-order valence-corrected chi connectivity index (χ2v) is 5.03. The second kappa shape index (κ2) is 6.18. The quantitative estimate of drug-likeness (QED) is 0.619. The third-order valence-electron chi connectivity index (χ3n) is 2.47. The highest BCUT2D eigenvalue weighted by molar-refractivity contribution is 7.99. The number of hydrogen-bond donors (Lipinski definition) is 0. The van der Waals surface area contributed by atoms with E-state index in [4.69, 9.17) is 5.26 Å². The Bertz CT molecular complexity index is 548. The minimum absolute atomic E-state index is 0.0815. The molecule has 2 rings (SSSR count). The number of nitriles is 1. The van der Waals surface area contributed by atoms with Crippen LogP contribution >= 0.6 is 11.8 Å². The van der Waals surface area contributed by atoms with Crippen molar-refractivity contribution in [1.29, 1.82) is 5.26 Å². The molecular weight excluding hydrogens is 242 g/mol. The van der Waals surface area contributed by atoms with Gasteiger partial charge in [-0.2, -0.15) is 5.26 Å². The van der Waals surface area contributed by atoms with Crippen molar-refractivity contribution in [3.05, 3.63) is 53.9 Å². The predicted octanol–water partition coefficient (Wildman–Crippen LogP) is 3.53. The predicted molar refractivity (Wildman–Crippen MR) is 72.0 cm³/mol. The van der Waals surface area contributed by atoms with Gasteiger partial charge >= 0.3 is 0 Å². The zero-order valence-corrected chi connectivity index (χ0v) is 10.9. The van der Waals surface area contributed by atoms with Gasteiger partial charge in [0.2, 0.25) is 0 Å². The van der Waals surface area contributed by atoms with Crippen LogP contribution in [0.3, 0.4) is 0 Å². The molecular formula is C14H13N3S. The smallest absolute Gasteiger partial charge is 0.188 e. The van der Waals surface area contributed by atoms with Gasteiger partial charge in [-0.3, -0.25) is 0 Å². The van der Waals surface area contributed by atoms with Crippen LogP contribution in [0.15, 0.2) is 47.8 Å². The number of benzene rings is 1. The van der Waals surface area contributed by atoms with Gasteiger partial charge in [-0.25, -0.2) is 9.97 Å². The standard InChI is InChI=1S/C14H13N3S/c1-11-8-10-16-14(17-11)18-13(7-9-15)12-5-3-2-4-6-12/h2-6,8,10,13H,7H2,1H3. The first-order valence-electron chi connectivity index (χ1n) is 5.68. The van der Waals surface area contributed by atoms with E-state index in [9.17, 15) is 0 Å². The van der Waals surface area contributed by atoms with Crippen molar-refractivity contribution in [2.75, 3.05) is 0 Å². The number of aromatic nitrogens is 2. The Balaban J connectivity index is 2.20. The molecule has 0 aliphatic carbocycles. The van der Waals surface area contributed by atoms with Crippen LogP contribution in [0.4, 0.5) is 0 Å². The first-order valence-corrected chi connectivity index (χ1v) is 6.56. The van der Waals surface area contributed by atoms with Crippen molar-refractivity contribution in [3.8, 4) is 6.07 Å². The fraction of sp³-hybridized carbons (Fsp3) is 0.214. The lowest BCUT2D eigenvalue weighted by molar-refractivity contribution is 0.906. The van der Waals surface area contributed by atoms with Gasteiger partial charge in [0.15, 0.2) is 5.16 Å². The molecule has 2 aromatic rings. The van der Waals surface area contributed by atoms with Gasteiger partial charge in [0, 0.05) is 11.9 Å². The molecule has 0 bridgehead atoms. The average molecular weight is 255 g/mol. The highest BCUT2D eigenvalue weighted by Gasteiger charge is 2.14. The third kappa shape index (κ3) is 3.31. The zero-order chi connectivity index (χ0) is 12.8. The second-order valence-electron chi connectivity index (χ2n) is 3.86. The third-order valence-corrected chi connectivity index (χ3v) is 3.60. The molecule has 90 valence electrons. The minimum atomic E-state index is 0.0815. The number of thioether (sulfide) groups is 1. The topological polar surface area (TPSA) is 49.6 Å². The van der Waals surface area contributed by atoms with Gasteiger partial charge in [-0.15, -0.1) is 0 Å². The Morgan fingerprint density at radius 2 is 2.06 bits per heavy atom. The summed E-state index contributed by atoms with van der Waals surface area (Å²) in [5.41, 5.74) is 2.07. The van der Waals surface area contributed by atoms with Gasteiger partial charge < -0.3 is 0 Å². The molecule has 1 atom stereocenters. The molecule has 1 aromatic carbocycles. The molecule has 0 saturated heterocycles. The molecule has 3 nitrogen and oxygen atoms in total. The number of hydrogen-bond acceptors (Lipinski definition) is 4. The Morgan fingerprint density at radius 1 is 1.28 bits per heavy atom. The number of rotatable bonds is 4. The van der Waals surface area contributed by atoms with E-state index in [-0.39, 0.29) is 5.25 Å². The van der Waals surface area contributed by atoms with E-state index in [1.54, 1.807) is 6.20 Å². The molecule has 0 aliphatic rings. The van der Waals surface area contributed by atoms with Crippen LogP contribution < -0.4 is 0 Å². The Hall–Kier alpha value is -1.86. The molecule has 0 spiro atoms. The van der Waals surface area contributed by atoms with Crippen LogP contribution in [0.2, 0.25) is 0 Å². The van der Waals surface area contributed by atoms with Crippen molar-refractivity contribution in [2.45, 2.75) is 23.8 Å². The van der Waals surface area contributed by atoms with Gasteiger partial charge in [-0.1, -0.05) is 42.1 Å². The van der Waals surface area contributed by atoms with E-state index < -0.39 is 0 Å². The largest absolute Gasteiger partial charge is 0.231 e. The fourth-order valence-corrected chi connectivity index (χ4v) is 2.61. The van der Waals surface area contributed by atoms with E-state index in [2.05, 4.69) is 16.0 Å². The van der Waals surface area contributed by atoms with E-state index >= 15 is 0 Å². The van der Waals surface area contributed by atoms with Crippen molar-refractivity contribution >= 4 is 11.8 Å². The maximum absolute atomic E-state index is 8.93. The molecule has 0 saturated carbocycles. The van der Waals surface area contributed by atoms with Crippen LogP contribution in [0.25, 0.3) is 0 Å². The number of aryl methyl sites for hydroxylation is 1. The van der Waals surface area contributed by atoms with Crippen molar-refractivity contribution < 1.29 is 0 Å². The summed E-state index contributed by atoms with van der Waals surface area (Å²) < 4.78 is 0. The maximum atomic E-state index is 8.93. The Morgan fingerprint density at radius 3 is 2.72 bits per heavy atom. The van der Waals surface area contributed by atoms with E-state index in [0.29, 0.717) is 6.42 Å². The van der Waals surface area contributed by atoms with Crippen LogP contribution in [0, 0.1) is 18.3 Å². The molecule has 0 radical (unpaired) electrons. The highest BCUT2D eigenvalue weighted by atomic mass is 32.2. The van der Waals surface area contributed by atoms with Gasteiger partial charge in [0.1, 0.15) is 0 Å². The molecule has 0 fully saturated rings. The summed E-state index contributed by atoms with van der Waals surface area (Å²) in [5, 5.41) is 9.73. The van der Waals surface area contributed by atoms with Crippen LogP contribution in [0.1, 0.15) is 22.9 Å². The summed E-state index contributed by atoms with van der Waals surface area (Å²) in [6.45, 7) is 1.94. The molecule has 18 heavy (non-hydrogen) atoms. The fourth-order valence-electron chi connectivity index (χ4n) is 1.59. The van der Waals surface area contributed by atoms with E-state index in [1.807, 2.05) is 43.3 Å². The molecule has 0 aliphatic heterocycles. The van der Waals surface area contributed by atoms with E-state index in [1.165, 1.54) is 11.8 Å². The van der Waals surface area contributed by atoms with Gasteiger partial charge in [0.25, 0.3) is 0 Å². The lowest BCUT2D eigenvalue weighted by Crippen LogP contribution is -1.96. The Labute approximate surface area is 111 Å². The Kier molecular flexibility index (Phi) is 4.32. The van der Waals surface area contributed by atoms with Crippen LogP contribution in [-0.4, -0.2) is 9.97 Å². The maximum Gasteiger partial charge on any atom is 0.188 e. The molecule has 1 heterocycles. The molecule has 0 N–H and O–H groups in total. The summed E-state index contributed by atoms with van der Waals surface area (Å²) in [6, 6.07) is 14.1. The highest BCUT2D eigenvalue weighted by Crippen LogP contribution is 2.35. The minimum Gasteiger partial charge on any atom is -0.231 e. The monoisotopic (exact) mass is 255 g/mol. The van der Waals surface area contributed by atoms with Crippen molar-refractivity contribution in [3.63, 3.8) is 0 Å². The van der Waals surface area contributed by atoms with Crippen molar-refractivity contribution in [1.82, 2.24) is 9.97 Å². The first-order chi connectivity index (χ1) is 8.79. The summed E-state index contributed by atoms with van der Waals surface area (Å²) in [7, 11) is 0. The zero-order valence-electron chi connectivity index (χ0n) is 10.1. The molecule has 4 heteroatoms. The SMILES string of the molecule is Cc1ccnc(SC(CC#N)c2ccccc2)n1. The molecule has 0 amide bonds. The normalized spacial score (nSPS) is 11.8. The number of nitrogens with zero attached hydrogens (tertiary/aromatic N) is 3. The van der Waals surface area contributed by atoms with Gasteiger partial charge in [0.05, 0.1) is 17.7 Å². The molecule has 1 unspecified atom stereocenters. The lowest BCUT2D eigenvalue weighted by atomic mass is 10.1. The average Bonchev–Trinajstić information content (AvgIpc) is 2.39. The summed E-state index contributed by atoms with van der Waals surface area (Å²) in [4.78, 5) is 8.59. The van der Waals surface area contributed by atoms with Gasteiger partial charge in [-0.05, 0) is 18.6 Å². The summed E-state index contributed by atoms with van der Waals surface area (Å²) in [5.74, 6) is 0. The molecule has 1 aromatic heterocycles. The van der Waals surface area contributed by atoms with Crippen molar-refractivity contribution in [2.24, 2.45) is 0 Å². The van der Waals surface area contributed by atoms with Crippen LogP contribution in [0.5, 0.6) is 0 Å². The van der Waals surface area contributed by atoms with Crippen LogP contribution in [-0.2, 0) is 0 Å². The lowest BCUT2D eigenvalue weighted by Gasteiger charge is -2.12.